The Morgan fingerprint density at radius 3 is 2.68 bits per heavy atom. The molecule has 1 aromatic carbocycles. The number of carbonyl (C=O) groups is 1. The van der Waals surface area contributed by atoms with Crippen molar-refractivity contribution in [2.75, 3.05) is 13.1 Å². The van der Waals surface area contributed by atoms with Crippen LogP contribution in [0.25, 0.3) is 0 Å². The number of benzene rings is 1. The number of nitrogens with zero attached hydrogens (tertiary/aromatic N) is 1. The van der Waals surface area contributed by atoms with Crippen LogP contribution in [0, 0.1) is 0 Å². The zero-order chi connectivity index (χ0) is 13.9. The minimum Gasteiger partial charge on any atom is -0.334 e. The lowest BCUT2D eigenvalue weighted by molar-refractivity contribution is -0.138. The van der Waals surface area contributed by atoms with E-state index in [0.717, 1.165) is 25.9 Å². The average molecular weight is 260 g/mol. The average Bonchev–Trinajstić information content (AvgIpc) is 2.87. The molecule has 1 saturated heterocycles. The molecule has 1 aliphatic heterocycles. The molecule has 1 N–H and O–H groups in total. The molecule has 1 heterocycles. The summed E-state index contributed by atoms with van der Waals surface area (Å²) in [6, 6.07) is 10.6. The van der Waals surface area contributed by atoms with Crippen molar-refractivity contribution in [3.8, 4) is 0 Å². The summed E-state index contributed by atoms with van der Waals surface area (Å²) in [6.45, 7) is 7.65. The number of hydrogen-bond donors (Lipinski definition) is 1. The van der Waals surface area contributed by atoms with E-state index in [2.05, 4.69) is 17.4 Å². The lowest BCUT2D eigenvalue weighted by Gasteiger charge is -2.33. The molecule has 0 spiro atoms. The van der Waals surface area contributed by atoms with Gasteiger partial charge in [-0.2, -0.15) is 0 Å². The van der Waals surface area contributed by atoms with Crippen LogP contribution < -0.4 is 5.32 Å². The molecule has 104 valence electrons. The second-order valence-electron chi connectivity index (χ2n) is 5.72. The van der Waals surface area contributed by atoms with Gasteiger partial charge in [0.15, 0.2) is 0 Å². The predicted octanol–water partition coefficient (Wildman–Crippen LogP) is 2.74. The Kier molecular flexibility index (Phi) is 4.25. The monoisotopic (exact) mass is 260 g/mol. The second-order valence-corrected chi connectivity index (χ2v) is 5.72. The summed E-state index contributed by atoms with van der Waals surface area (Å²) in [5.74, 6) is 0.209. The van der Waals surface area contributed by atoms with Crippen LogP contribution in [0.2, 0.25) is 0 Å². The minimum absolute atomic E-state index is 0.209. The highest BCUT2D eigenvalue weighted by Gasteiger charge is 2.37. The zero-order valence-corrected chi connectivity index (χ0v) is 12.1. The van der Waals surface area contributed by atoms with E-state index in [0.29, 0.717) is 0 Å². The van der Waals surface area contributed by atoms with Gasteiger partial charge < -0.3 is 10.2 Å². The molecule has 1 atom stereocenters. The number of rotatable bonds is 4. The number of amides is 1. The Morgan fingerprint density at radius 2 is 2.05 bits per heavy atom. The van der Waals surface area contributed by atoms with E-state index in [1.54, 1.807) is 0 Å². The van der Waals surface area contributed by atoms with Gasteiger partial charge in [-0.25, -0.2) is 0 Å². The van der Waals surface area contributed by atoms with Gasteiger partial charge in [-0.15, -0.1) is 0 Å². The molecule has 1 aromatic rings. The summed E-state index contributed by atoms with van der Waals surface area (Å²) >= 11 is 0. The van der Waals surface area contributed by atoms with Crippen LogP contribution in [0.5, 0.6) is 0 Å². The fraction of sp³-hybridized carbons (Fsp3) is 0.562. The van der Waals surface area contributed by atoms with Crippen molar-refractivity contribution in [3.05, 3.63) is 35.9 Å². The maximum Gasteiger partial charge on any atom is 0.242 e. The normalized spacial score (nSPS) is 19.7. The van der Waals surface area contributed by atoms with E-state index in [4.69, 9.17) is 0 Å². The Morgan fingerprint density at radius 1 is 1.37 bits per heavy atom. The Hall–Kier alpha value is -1.35. The standard InChI is InChI=1S/C16H24N2O/c1-4-17-16(2,3)15(19)18-12-8-11-14(18)13-9-6-5-7-10-13/h5-7,9-10,14,17H,4,8,11-12H2,1-3H3. The van der Waals surface area contributed by atoms with Crippen molar-refractivity contribution in [3.63, 3.8) is 0 Å². The van der Waals surface area contributed by atoms with Crippen LogP contribution >= 0.6 is 0 Å². The zero-order valence-electron chi connectivity index (χ0n) is 12.1. The van der Waals surface area contributed by atoms with Crippen molar-refractivity contribution in [2.24, 2.45) is 0 Å². The van der Waals surface area contributed by atoms with Gasteiger partial charge in [0.25, 0.3) is 0 Å². The van der Waals surface area contributed by atoms with Crippen LogP contribution in [0.15, 0.2) is 30.3 Å². The Balaban J connectivity index is 2.17. The summed E-state index contributed by atoms with van der Waals surface area (Å²) < 4.78 is 0. The topological polar surface area (TPSA) is 32.3 Å². The van der Waals surface area contributed by atoms with Crippen molar-refractivity contribution in [1.82, 2.24) is 10.2 Å². The van der Waals surface area contributed by atoms with Crippen LogP contribution in [0.1, 0.15) is 45.2 Å². The van der Waals surface area contributed by atoms with E-state index in [1.165, 1.54) is 5.56 Å². The molecule has 0 aliphatic carbocycles. The first-order chi connectivity index (χ1) is 9.06. The molecule has 0 saturated carbocycles. The maximum atomic E-state index is 12.7. The molecule has 0 aromatic heterocycles. The number of likely N-dealkylation sites (N-methyl/N-ethyl adjacent to an activating group) is 1. The Bertz CT molecular complexity index is 428. The molecule has 1 unspecified atom stereocenters. The molecule has 0 radical (unpaired) electrons. The third-order valence-corrected chi connectivity index (χ3v) is 3.85. The van der Waals surface area contributed by atoms with Crippen molar-refractivity contribution < 1.29 is 4.79 Å². The van der Waals surface area contributed by atoms with E-state index in [-0.39, 0.29) is 11.9 Å². The molecule has 3 heteroatoms. The second kappa shape index (κ2) is 5.74. The van der Waals surface area contributed by atoms with Gasteiger partial charge in [-0.3, -0.25) is 4.79 Å². The van der Waals surface area contributed by atoms with E-state index >= 15 is 0 Å². The van der Waals surface area contributed by atoms with E-state index in [9.17, 15) is 4.79 Å². The summed E-state index contributed by atoms with van der Waals surface area (Å²) in [5.41, 5.74) is 0.771. The highest BCUT2D eigenvalue weighted by Crippen LogP contribution is 2.33. The molecule has 2 rings (SSSR count). The summed E-state index contributed by atoms with van der Waals surface area (Å²) in [6.07, 6.45) is 2.16. The lowest BCUT2D eigenvalue weighted by Crippen LogP contribution is -2.53. The quantitative estimate of drug-likeness (QED) is 0.903. The highest BCUT2D eigenvalue weighted by atomic mass is 16.2. The largest absolute Gasteiger partial charge is 0.334 e. The summed E-state index contributed by atoms with van der Waals surface area (Å²) in [5, 5.41) is 3.28. The van der Waals surface area contributed by atoms with Gasteiger partial charge >= 0.3 is 0 Å². The maximum absolute atomic E-state index is 12.7. The van der Waals surface area contributed by atoms with Gasteiger partial charge in [0.2, 0.25) is 5.91 Å². The molecule has 3 nitrogen and oxygen atoms in total. The van der Waals surface area contributed by atoms with E-state index < -0.39 is 5.54 Å². The van der Waals surface area contributed by atoms with Crippen LogP contribution in [-0.2, 0) is 4.79 Å². The number of carbonyl (C=O) groups excluding carboxylic acids is 1. The first kappa shape index (κ1) is 14.1. The highest BCUT2D eigenvalue weighted by molar-refractivity contribution is 5.86. The molecular weight excluding hydrogens is 236 g/mol. The lowest BCUT2D eigenvalue weighted by atomic mass is 10.00. The van der Waals surface area contributed by atoms with Crippen molar-refractivity contribution >= 4 is 5.91 Å². The van der Waals surface area contributed by atoms with Gasteiger partial charge in [-0.05, 0) is 38.8 Å². The first-order valence-corrected chi connectivity index (χ1v) is 7.17. The van der Waals surface area contributed by atoms with Gasteiger partial charge in [-0.1, -0.05) is 37.3 Å². The smallest absolute Gasteiger partial charge is 0.242 e. The number of hydrogen-bond acceptors (Lipinski definition) is 2. The molecule has 1 aliphatic rings. The molecule has 19 heavy (non-hydrogen) atoms. The minimum atomic E-state index is -0.480. The fourth-order valence-electron chi connectivity index (χ4n) is 2.91. The molecule has 1 fully saturated rings. The van der Waals surface area contributed by atoms with Gasteiger partial charge in [0.05, 0.1) is 11.6 Å². The van der Waals surface area contributed by atoms with Crippen LogP contribution in [0.4, 0.5) is 0 Å². The molecule has 1 amide bonds. The van der Waals surface area contributed by atoms with Crippen LogP contribution in [0.3, 0.4) is 0 Å². The van der Waals surface area contributed by atoms with Gasteiger partial charge in [0.1, 0.15) is 0 Å². The van der Waals surface area contributed by atoms with Crippen molar-refractivity contribution in [1.29, 1.82) is 0 Å². The SMILES string of the molecule is CCNC(C)(C)C(=O)N1CCCC1c1ccccc1. The van der Waals surface area contributed by atoms with E-state index in [1.807, 2.05) is 43.9 Å². The van der Waals surface area contributed by atoms with Gasteiger partial charge in [0, 0.05) is 6.54 Å². The summed E-state index contributed by atoms with van der Waals surface area (Å²) in [4.78, 5) is 14.7. The fourth-order valence-corrected chi connectivity index (χ4v) is 2.91. The number of likely N-dealkylation sites (tertiary alicyclic amines) is 1. The molecular formula is C16H24N2O. The third-order valence-electron chi connectivity index (χ3n) is 3.85. The first-order valence-electron chi connectivity index (χ1n) is 7.17. The number of nitrogens with one attached hydrogen (secondary N) is 1. The van der Waals surface area contributed by atoms with Crippen LogP contribution in [-0.4, -0.2) is 29.4 Å². The Labute approximate surface area is 116 Å². The predicted molar refractivity (Wildman–Crippen MR) is 77.9 cm³/mol. The molecule has 0 bridgehead atoms. The van der Waals surface area contributed by atoms with Crippen molar-refractivity contribution in [2.45, 2.75) is 45.2 Å². The third kappa shape index (κ3) is 2.98. The summed E-state index contributed by atoms with van der Waals surface area (Å²) in [7, 11) is 0.